The van der Waals surface area contributed by atoms with Crippen LogP contribution in [0.15, 0.2) is 62.9 Å². The molecule has 4 rings (SSSR count). The van der Waals surface area contributed by atoms with Gasteiger partial charge >= 0.3 is 5.97 Å². The quantitative estimate of drug-likeness (QED) is 0.212. The number of aromatic nitrogens is 2. The minimum absolute atomic E-state index is 0.160. The fourth-order valence-corrected chi connectivity index (χ4v) is 5.11. The lowest BCUT2D eigenvalue weighted by atomic mass is 9.96. The molecule has 0 saturated heterocycles. The molecule has 0 aliphatic carbocycles. The molecule has 0 fully saturated rings. The first-order valence-corrected chi connectivity index (χ1v) is 13.4. The molecule has 0 aliphatic heterocycles. The number of hydrogen-bond donors (Lipinski definition) is 1. The zero-order valence-corrected chi connectivity index (χ0v) is 24.2. The molecule has 8 nitrogen and oxygen atoms in total. The van der Waals surface area contributed by atoms with Crippen LogP contribution in [0, 0.1) is 6.92 Å². The maximum absolute atomic E-state index is 13.7. The van der Waals surface area contributed by atoms with Gasteiger partial charge < -0.3 is 14.6 Å². The monoisotopic (exact) mass is 611 g/mol. The minimum Gasteiger partial charge on any atom is -0.494 e. The summed E-state index contributed by atoms with van der Waals surface area (Å²) in [4.78, 5) is 29.7. The van der Waals surface area contributed by atoms with E-state index >= 15 is 0 Å². The first-order valence-electron chi connectivity index (χ1n) is 12.3. The summed E-state index contributed by atoms with van der Waals surface area (Å²) in [6, 6.07) is 14.2. The van der Waals surface area contributed by atoms with E-state index in [1.165, 1.54) is 10.9 Å². The number of aryl methyl sites for hydroxylation is 1. The Kier molecular flexibility index (Phi) is 8.72. The summed E-state index contributed by atoms with van der Waals surface area (Å²) in [5.41, 5.74) is 3.15. The van der Waals surface area contributed by atoms with Gasteiger partial charge in [-0.3, -0.25) is 4.79 Å². The van der Waals surface area contributed by atoms with Crippen molar-refractivity contribution in [3.05, 3.63) is 85.1 Å². The molecule has 4 aromatic rings. The lowest BCUT2D eigenvalue weighted by molar-refractivity contribution is -0.139. The molecule has 1 N–H and O–H groups in total. The van der Waals surface area contributed by atoms with Gasteiger partial charge in [0.05, 0.1) is 28.2 Å². The Bertz CT molecular complexity index is 1650. The average molecular weight is 613 g/mol. The van der Waals surface area contributed by atoms with E-state index in [0.29, 0.717) is 38.4 Å². The molecule has 10 heteroatoms. The number of ether oxygens (including phenoxy) is 2. The zero-order chi connectivity index (χ0) is 28.3. The van der Waals surface area contributed by atoms with Gasteiger partial charge in [0, 0.05) is 16.1 Å². The number of hydrogen-bond acceptors (Lipinski definition) is 6. The third-order valence-electron chi connectivity index (χ3n) is 5.96. The summed E-state index contributed by atoms with van der Waals surface area (Å²) >= 11 is 9.62. The predicted octanol–water partition coefficient (Wildman–Crippen LogP) is 6.66. The average Bonchev–Trinajstić information content (AvgIpc) is 2.87. The third kappa shape index (κ3) is 6.15. The Morgan fingerprint density at radius 1 is 1.21 bits per heavy atom. The highest BCUT2D eigenvalue weighted by atomic mass is 79.9. The summed E-state index contributed by atoms with van der Waals surface area (Å²) in [6.07, 6.45) is 1.41. The van der Waals surface area contributed by atoms with Crippen LogP contribution in [0.3, 0.4) is 0 Å². The minimum atomic E-state index is -1.14. The largest absolute Gasteiger partial charge is 0.494 e. The first-order chi connectivity index (χ1) is 18.6. The highest BCUT2D eigenvalue weighted by Gasteiger charge is 2.19. The molecule has 0 spiro atoms. The number of carboxylic acid groups (broad SMARTS) is 1. The van der Waals surface area contributed by atoms with Crippen LogP contribution < -0.4 is 15.0 Å². The number of carboxylic acids is 1. The number of halogens is 2. The molecule has 0 saturated carbocycles. The SMILES string of the molecule is CCOc1cc(C)c(-c2nc3ccccc3c(=O)n2N=Cc2cc(Cl)cc(Br)c2OCC(=O)O)cc1C(C)C. The molecule has 0 unspecified atom stereocenters. The predicted molar refractivity (Wildman–Crippen MR) is 157 cm³/mol. The van der Waals surface area contributed by atoms with Crippen LogP contribution in [-0.4, -0.2) is 40.2 Å². The second-order valence-corrected chi connectivity index (χ2v) is 10.4. The number of para-hydroxylation sites is 1. The van der Waals surface area contributed by atoms with Gasteiger partial charge in [0.25, 0.3) is 5.56 Å². The van der Waals surface area contributed by atoms with E-state index < -0.39 is 12.6 Å². The molecule has 3 aromatic carbocycles. The van der Waals surface area contributed by atoms with Crippen molar-refractivity contribution in [1.29, 1.82) is 0 Å². The second-order valence-electron chi connectivity index (χ2n) is 9.10. The Hall–Kier alpha value is -3.69. The first kappa shape index (κ1) is 28.3. The summed E-state index contributed by atoms with van der Waals surface area (Å²) in [5.74, 6) is 0.396. The van der Waals surface area contributed by atoms with Crippen molar-refractivity contribution < 1.29 is 19.4 Å². The number of benzene rings is 3. The Morgan fingerprint density at radius 2 is 1.95 bits per heavy atom. The summed E-state index contributed by atoms with van der Waals surface area (Å²) in [5, 5.41) is 14.4. The van der Waals surface area contributed by atoms with Crippen molar-refractivity contribution >= 4 is 50.6 Å². The normalized spacial score (nSPS) is 11.5. The van der Waals surface area contributed by atoms with E-state index in [4.69, 9.17) is 31.2 Å². The van der Waals surface area contributed by atoms with Crippen molar-refractivity contribution in [3.63, 3.8) is 0 Å². The van der Waals surface area contributed by atoms with Crippen molar-refractivity contribution in [3.8, 4) is 22.9 Å². The highest BCUT2D eigenvalue weighted by Crippen LogP contribution is 2.35. The Morgan fingerprint density at radius 3 is 2.64 bits per heavy atom. The molecule has 39 heavy (non-hydrogen) atoms. The molecule has 1 aromatic heterocycles. The van der Waals surface area contributed by atoms with Crippen LogP contribution in [0.25, 0.3) is 22.3 Å². The van der Waals surface area contributed by atoms with Gasteiger partial charge in [-0.1, -0.05) is 37.6 Å². The summed E-state index contributed by atoms with van der Waals surface area (Å²) in [6.45, 7) is 7.99. The van der Waals surface area contributed by atoms with Gasteiger partial charge in [-0.2, -0.15) is 9.78 Å². The van der Waals surface area contributed by atoms with Crippen LogP contribution in [0.1, 0.15) is 43.4 Å². The number of carbonyl (C=O) groups is 1. The fraction of sp³-hybridized carbons (Fsp3) is 0.241. The van der Waals surface area contributed by atoms with Crippen LogP contribution in [0.4, 0.5) is 0 Å². The van der Waals surface area contributed by atoms with Crippen LogP contribution in [0.5, 0.6) is 11.5 Å². The van der Waals surface area contributed by atoms with Crippen molar-refractivity contribution in [1.82, 2.24) is 9.66 Å². The molecule has 0 aliphatic rings. The molecule has 0 bridgehead atoms. The number of fused-ring (bicyclic) bond motifs is 1. The van der Waals surface area contributed by atoms with Crippen LogP contribution in [0.2, 0.25) is 5.02 Å². The van der Waals surface area contributed by atoms with Crippen LogP contribution >= 0.6 is 27.5 Å². The van der Waals surface area contributed by atoms with Gasteiger partial charge in [-0.15, -0.1) is 0 Å². The topological polar surface area (TPSA) is 103 Å². The summed E-state index contributed by atoms with van der Waals surface area (Å²) < 4.78 is 13.0. The molecule has 0 radical (unpaired) electrons. The van der Waals surface area contributed by atoms with E-state index in [2.05, 4.69) is 34.9 Å². The lowest BCUT2D eigenvalue weighted by Crippen LogP contribution is -2.21. The maximum Gasteiger partial charge on any atom is 0.341 e. The van der Waals surface area contributed by atoms with E-state index in [1.807, 2.05) is 32.0 Å². The molecule has 1 heterocycles. The van der Waals surface area contributed by atoms with E-state index in [0.717, 1.165) is 22.4 Å². The number of nitrogens with zero attached hydrogens (tertiary/aromatic N) is 3. The van der Waals surface area contributed by atoms with Gasteiger partial charge in [0.2, 0.25) is 0 Å². The van der Waals surface area contributed by atoms with E-state index in [-0.39, 0.29) is 17.2 Å². The molecular formula is C29H27BrClN3O5. The zero-order valence-electron chi connectivity index (χ0n) is 21.9. The van der Waals surface area contributed by atoms with E-state index in [9.17, 15) is 9.59 Å². The van der Waals surface area contributed by atoms with Gasteiger partial charge in [-0.25, -0.2) is 9.78 Å². The molecule has 0 amide bonds. The second kappa shape index (κ2) is 12.0. The van der Waals surface area contributed by atoms with Crippen molar-refractivity contribution in [2.75, 3.05) is 13.2 Å². The Balaban J connectivity index is 1.96. The van der Waals surface area contributed by atoms with Crippen LogP contribution in [-0.2, 0) is 4.79 Å². The van der Waals surface area contributed by atoms with E-state index in [1.54, 1.807) is 30.3 Å². The standard InChI is InChI=1S/C29H27BrClN3O5/c1-5-38-25-10-17(4)22(13-21(25)16(2)3)28-33-24-9-7-6-8-20(24)29(37)34(28)32-14-18-11-19(31)12-23(30)27(18)39-15-26(35)36/h6-14,16H,5,15H2,1-4H3,(H,35,36). The fourth-order valence-electron chi connectivity index (χ4n) is 4.16. The maximum atomic E-state index is 13.7. The van der Waals surface area contributed by atoms with Crippen molar-refractivity contribution in [2.45, 2.75) is 33.6 Å². The molecule has 0 atom stereocenters. The van der Waals surface area contributed by atoms with Crippen molar-refractivity contribution in [2.24, 2.45) is 5.10 Å². The smallest absolute Gasteiger partial charge is 0.341 e. The van der Waals surface area contributed by atoms with Gasteiger partial charge in [0.1, 0.15) is 11.5 Å². The number of rotatable bonds is 9. The Labute approximate surface area is 239 Å². The lowest BCUT2D eigenvalue weighted by Gasteiger charge is -2.18. The highest BCUT2D eigenvalue weighted by molar-refractivity contribution is 9.10. The summed E-state index contributed by atoms with van der Waals surface area (Å²) in [7, 11) is 0. The molecular weight excluding hydrogens is 586 g/mol. The third-order valence-corrected chi connectivity index (χ3v) is 6.77. The number of aliphatic carboxylic acids is 1. The van der Waals surface area contributed by atoms with Gasteiger partial charge in [0.15, 0.2) is 12.4 Å². The van der Waals surface area contributed by atoms with Gasteiger partial charge in [-0.05, 0) is 83.2 Å². The molecule has 202 valence electrons.